The minimum absolute atomic E-state index is 0.661. The molecule has 0 amide bonds. The third-order valence-electron chi connectivity index (χ3n) is 4.29. The summed E-state index contributed by atoms with van der Waals surface area (Å²) in [6, 6.07) is 12.3. The van der Waals surface area contributed by atoms with Crippen LogP contribution in [0.4, 0.5) is 0 Å². The molecule has 2 nitrogen and oxygen atoms in total. The third-order valence-corrected chi connectivity index (χ3v) is 4.29. The fourth-order valence-electron chi connectivity index (χ4n) is 3.08. The van der Waals surface area contributed by atoms with Crippen molar-refractivity contribution in [2.45, 2.75) is 44.4 Å². The van der Waals surface area contributed by atoms with Gasteiger partial charge in [-0.3, -0.25) is 0 Å². The van der Waals surface area contributed by atoms with E-state index in [4.69, 9.17) is 10.5 Å². The van der Waals surface area contributed by atoms with Crippen LogP contribution in [0.5, 0.6) is 0 Å². The summed E-state index contributed by atoms with van der Waals surface area (Å²) < 4.78 is 0. The lowest BCUT2D eigenvalue weighted by Crippen LogP contribution is -2.13. The van der Waals surface area contributed by atoms with Gasteiger partial charge in [0.2, 0.25) is 0 Å². The standard InChI is InChI=1S/C18H20N2/c19-13-3-1-2-4-15-5-9-17(10-6-15)18-11-7-16(14-20)8-12-18/h1,3,7-8,11-12,15,17H,2,4-6,9-10H2/b3-1+. The van der Waals surface area contributed by atoms with E-state index < -0.39 is 0 Å². The van der Waals surface area contributed by atoms with E-state index in [1.54, 1.807) is 6.08 Å². The van der Waals surface area contributed by atoms with Crippen molar-refractivity contribution in [3.05, 3.63) is 47.5 Å². The Bertz CT molecular complexity index is 520. The Morgan fingerprint density at radius 2 is 1.75 bits per heavy atom. The van der Waals surface area contributed by atoms with E-state index in [0.29, 0.717) is 5.92 Å². The summed E-state index contributed by atoms with van der Waals surface area (Å²) in [5, 5.41) is 17.3. The molecule has 0 aliphatic heterocycles. The highest BCUT2D eigenvalue weighted by Gasteiger charge is 2.21. The third kappa shape index (κ3) is 3.97. The Balaban J connectivity index is 1.80. The van der Waals surface area contributed by atoms with Gasteiger partial charge in [0, 0.05) is 6.08 Å². The molecule has 0 saturated heterocycles. The Morgan fingerprint density at radius 1 is 1.05 bits per heavy atom. The SMILES string of the molecule is N#C/C=C/CCC1CCC(c2ccc(C#N)cc2)CC1. The lowest BCUT2D eigenvalue weighted by molar-refractivity contribution is 0.312. The van der Waals surface area contributed by atoms with Crippen molar-refractivity contribution < 1.29 is 0 Å². The maximum absolute atomic E-state index is 8.82. The van der Waals surface area contributed by atoms with Gasteiger partial charge < -0.3 is 0 Å². The topological polar surface area (TPSA) is 47.6 Å². The molecule has 0 heterocycles. The lowest BCUT2D eigenvalue weighted by Gasteiger charge is -2.28. The summed E-state index contributed by atoms with van der Waals surface area (Å²) in [7, 11) is 0. The summed E-state index contributed by atoms with van der Waals surface area (Å²) in [5.74, 6) is 1.47. The summed E-state index contributed by atoms with van der Waals surface area (Å²) in [6.45, 7) is 0. The van der Waals surface area contributed by atoms with Gasteiger partial charge in [-0.1, -0.05) is 18.2 Å². The Labute approximate surface area is 121 Å². The maximum Gasteiger partial charge on any atom is 0.0991 e. The first-order valence-electron chi connectivity index (χ1n) is 7.38. The van der Waals surface area contributed by atoms with Gasteiger partial charge in [-0.05, 0) is 68.1 Å². The largest absolute Gasteiger partial charge is 0.193 e. The second kappa shape index (κ2) is 7.51. The fourth-order valence-corrected chi connectivity index (χ4v) is 3.08. The van der Waals surface area contributed by atoms with Crippen LogP contribution < -0.4 is 0 Å². The molecule has 1 aliphatic carbocycles. The summed E-state index contributed by atoms with van der Waals surface area (Å²) in [6.07, 6.45) is 10.9. The molecule has 2 rings (SSSR count). The lowest BCUT2D eigenvalue weighted by atomic mass is 9.77. The van der Waals surface area contributed by atoms with E-state index in [1.165, 1.54) is 37.7 Å². The highest BCUT2D eigenvalue weighted by atomic mass is 14.3. The van der Waals surface area contributed by atoms with Crippen LogP contribution in [0.25, 0.3) is 0 Å². The monoisotopic (exact) mass is 264 g/mol. The van der Waals surface area contributed by atoms with Crippen molar-refractivity contribution in [1.82, 2.24) is 0 Å². The second-order valence-electron chi connectivity index (χ2n) is 5.56. The molecule has 0 bridgehead atoms. The van der Waals surface area contributed by atoms with Crippen LogP contribution >= 0.6 is 0 Å². The quantitative estimate of drug-likeness (QED) is 0.740. The molecular formula is C18H20N2. The maximum atomic E-state index is 8.82. The first kappa shape index (κ1) is 14.4. The number of hydrogen-bond donors (Lipinski definition) is 0. The Kier molecular flexibility index (Phi) is 5.39. The Morgan fingerprint density at radius 3 is 2.35 bits per heavy atom. The van der Waals surface area contributed by atoms with Gasteiger partial charge in [-0.15, -0.1) is 0 Å². The first-order valence-corrected chi connectivity index (χ1v) is 7.38. The van der Waals surface area contributed by atoms with Crippen LogP contribution in [-0.4, -0.2) is 0 Å². The molecule has 1 fully saturated rings. The molecule has 0 atom stereocenters. The van der Waals surface area contributed by atoms with Crippen LogP contribution in [-0.2, 0) is 0 Å². The van der Waals surface area contributed by atoms with Gasteiger partial charge in [0.25, 0.3) is 0 Å². The predicted octanol–water partition coefficient (Wildman–Crippen LogP) is 4.69. The fraction of sp³-hybridized carbons (Fsp3) is 0.444. The minimum Gasteiger partial charge on any atom is -0.193 e. The normalized spacial score (nSPS) is 22.3. The van der Waals surface area contributed by atoms with Crippen molar-refractivity contribution in [3.8, 4) is 12.1 Å². The average Bonchev–Trinajstić information content (AvgIpc) is 2.52. The van der Waals surface area contributed by atoms with Crippen molar-refractivity contribution in [2.24, 2.45) is 5.92 Å². The van der Waals surface area contributed by atoms with E-state index in [9.17, 15) is 0 Å². The van der Waals surface area contributed by atoms with E-state index in [-0.39, 0.29) is 0 Å². The number of hydrogen-bond acceptors (Lipinski definition) is 2. The first-order chi connectivity index (χ1) is 9.83. The molecule has 1 saturated carbocycles. The number of allylic oxidation sites excluding steroid dienone is 2. The van der Waals surface area contributed by atoms with Crippen molar-refractivity contribution >= 4 is 0 Å². The molecule has 0 N–H and O–H groups in total. The number of benzene rings is 1. The van der Waals surface area contributed by atoms with E-state index >= 15 is 0 Å². The van der Waals surface area contributed by atoms with Gasteiger partial charge >= 0.3 is 0 Å². The highest BCUT2D eigenvalue weighted by molar-refractivity contribution is 5.33. The molecular weight excluding hydrogens is 244 g/mol. The minimum atomic E-state index is 0.661. The summed E-state index contributed by atoms with van der Waals surface area (Å²) in [4.78, 5) is 0. The van der Waals surface area contributed by atoms with Gasteiger partial charge in [-0.25, -0.2) is 0 Å². The van der Waals surface area contributed by atoms with Crippen LogP contribution in [0, 0.1) is 28.6 Å². The molecule has 102 valence electrons. The smallest absolute Gasteiger partial charge is 0.0991 e. The molecule has 1 aromatic rings. The van der Waals surface area contributed by atoms with Crippen molar-refractivity contribution in [3.63, 3.8) is 0 Å². The molecule has 0 radical (unpaired) electrons. The molecule has 2 heteroatoms. The van der Waals surface area contributed by atoms with Crippen LogP contribution in [0.15, 0.2) is 36.4 Å². The Hall–Kier alpha value is -2.06. The number of nitrogens with zero attached hydrogens (tertiary/aromatic N) is 2. The van der Waals surface area contributed by atoms with Gasteiger partial charge in [-0.2, -0.15) is 10.5 Å². The van der Waals surface area contributed by atoms with E-state index in [1.807, 2.05) is 24.3 Å². The average molecular weight is 264 g/mol. The molecule has 0 unspecified atom stereocenters. The molecule has 1 aliphatic rings. The van der Waals surface area contributed by atoms with Crippen molar-refractivity contribution in [2.75, 3.05) is 0 Å². The summed E-state index contributed by atoms with van der Waals surface area (Å²) >= 11 is 0. The van der Waals surface area contributed by atoms with Crippen molar-refractivity contribution in [1.29, 1.82) is 10.5 Å². The second-order valence-corrected chi connectivity index (χ2v) is 5.56. The van der Waals surface area contributed by atoms with E-state index in [0.717, 1.165) is 17.9 Å². The summed E-state index contributed by atoms with van der Waals surface area (Å²) in [5.41, 5.74) is 2.12. The zero-order valence-corrected chi connectivity index (χ0v) is 11.8. The van der Waals surface area contributed by atoms with Gasteiger partial charge in [0.05, 0.1) is 17.7 Å². The van der Waals surface area contributed by atoms with Gasteiger partial charge in [0.1, 0.15) is 0 Å². The molecule has 20 heavy (non-hydrogen) atoms. The van der Waals surface area contributed by atoms with Crippen LogP contribution in [0.3, 0.4) is 0 Å². The number of rotatable bonds is 4. The molecule has 0 aromatic heterocycles. The van der Waals surface area contributed by atoms with Crippen LogP contribution in [0.2, 0.25) is 0 Å². The van der Waals surface area contributed by atoms with Gasteiger partial charge in [0.15, 0.2) is 0 Å². The number of nitriles is 2. The predicted molar refractivity (Wildman–Crippen MR) is 79.8 cm³/mol. The molecule has 0 spiro atoms. The zero-order chi connectivity index (χ0) is 14.2. The zero-order valence-electron chi connectivity index (χ0n) is 11.8. The van der Waals surface area contributed by atoms with E-state index in [2.05, 4.69) is 18.2 Å². The molecule has 1 aromatic carbocycles. The van der Waals surface area contributed by atoms with Crippen LogP contribution in [0.1, 0.15) is 55.6 Å². The highest BCUT2D eigenvalue weighted by Crippen LogP contribution is 2.37.